The molecule has 0 saturated carbocycles. The second-order valence-corrected chi connectivity index (χ2v) is 10.7. The summed E-state index contributed by atoms with van der Waals surface area (Å²) in [6.45, 7) is 13.8. The van der Waals surface area contributed by atoms with Crippen LogP contribution in [0.1, 0.15) is 41.5 Å². The fourth-order valence-electron chi connectivity index (χ4n) is 4.44. The molecule has 11 heteroatoms. The molecule has 0 aliphatic heterocycles. The number of carbonyl (C=O) groups excluding carboxylic acids is 2. The van der Waals surface area contributed by atoms with Crippen molar-refractivity contribution in [3.63, 3.8) is 0 Å². The van der Waals surface area contributed by atoms with Crippen molar-refractivity contribution in [3.8, 4) is 11.1 Å². The molecule has 2 aromatic carbocycles. The van der Waals surface area contributed by atoms with Crippen molar-refractivity contribution >= 4 is 76.8 Å². The number of fused-ring (bicyclic) bond motifs is 2. The highest BCUT2D eigenvalue weighted by Gasteiger charge is 2.29. The number of hydrogen-bond donors (Lipinski definition) is 0. The van der Waals surface area contributed by atoms with E-state index in [0.717, 1.165) is 20.5 Å². The van der Waals surface area contributed by atoms with Crippen molar-refractivity contribution in [1.82, 2.24) is 20.0 Å². The van der Waals surface area contributed by atoms with Gasteiger partial charge in [0.1, 0.15) is 11.0 Å². The lowest BCUT2D eigenvalue weighted by atomic mass is 10.0. The number of benzene rings is 2. The van der Waals surface area contributed by atoms with Gasteiger partial charge in [-0.1, -0.05) is 92.3 Å². The Kier molecular flexibility index (Phi) is 8.45. The molecule has 0 fully saturated rings. The predicted octanol–water partition coefficient (Wildman–Crippen LogP) is 6.45. The molecule has 0 N–H and O–H groups in total. The zero-order chi connectivity index (χ0) is 26.9. The third kappa shape index (κ3) is 4.96. The van der Waals surface area contributed by atoms with Crippen LogP contribution in [-0.4, -0.2) is 58.0 Å². The standard InChI is InChI=1S/C26H31ClN6O2S2/c1-7-30(8-2)32(16(5)34)25-28-21-20(27)22-24(19(23(21)36-25)18-14-12-11-13-15-18)37-26(29-22)33(17(6)35)31(9-3)10-4/h11-15H,7-10H2,1-6H3. The highest BCUT2D eigenvalue weighted by molar-refractivity contribution is 7.25. The maximum Gasteiger partial charge on any atom is 0.240 e. The van der Waals surface area contributed by atoms with E-state index in [2.05, 4.69) is 0 Å². The Hall–Kier alpha value is -2.63. The molecule has 0 bridgehead atoms. The molecular weight excluding hydrogens is 528 g/mol. The summed E-state index contributed by atoms with van der Waals surface area (Å²) in [4.78, 5) is 35.1. The van der Waals surface area contributed by atoms with Gasteiger partial charge >= 0.3 is 0 Å². The van der Waals surface area contributed by atoms with Gasteiger partial charge < -0.3 is 0 Å². The number of halogens is 1. The molecule has 2 amide bonds. The number of hydrazine groups is 2. The smallest absolute Gasteiger partial charge is 0.240 e. The number of amides is 2. The third-order valence-electron chi connectivity index (χ3n) is 6.15. The van der Waals surface area contributed by atoms with Crippen molar-refractivity contribution in [1.29, 1.82) is 0 Å². The maximum atomic E-state index is 12.7. The summed E-state index contributed by atoms with van der Waals surface area (Å²) in [5.41, 5.74) is 3.14. The monoisotopic (exact) mass is 558 g/mol. The van der Waals surface area contributed by atoms with Crippen LogP contribution in [0.4, 0.5) is 10.3 Å². The maximum absolute atomic E-state index is 12.7. The van der Waals surface area contributed by atoms with Crippen molar-refractivity contribution < 1.29 is 9.59 Å². The minimum Gasteiger partial charge on any atom is -0.273 e. The van der Waals surface area contributed by atoms with Crippen molar-refractivity contribution in [2.75, 3.05) is 36.2 Å². The van der Waals surface area contributed by atoms with Gasteiger partial charge in [0.15, 0.2) is 0 Å². The first-order valence-electron chi connectivity index (χ1n) is 12.4. The summed E-state index contributed by atoms with van der Waals surface area (Å²) in [5, 5.41) is 8.70. The van der Waals surface area contributed by atoms with Gasteiger partial charge in [-0.25, -0.2) is 30.0 Å². The van der Waals surface area contributed by atoms with E-state index in [9.17, 15) is 9.59 Å². The van der Waals surface area contributed by atoms with Crippen LogP contribution in [0.5, 0.6) is 0 Å². The summed E-state index contributed by atoms with van der Waals surface area (Å²) in [6.07, 6.45) is 0. The zero-order valence-corrected chi connectivity index (χ0v) is 24.3. The van der Waals surface area contributed by atoms with Gasteiger partial charge in [-0.3, -0.25) is 9.59 Å². The van der Waals surface area contributed by atoms with Gasteiger partial charge in [-0.15, -0.1) is 0 Å². The predicted molar refractivity (Wildman–Crippen MR) is 155 cm³/mol. The Morgan fingerprint density at radius 1 is 0.757 bits per heavy atom. The molecule has 0 aliphatic carbocycles. The van der Waals surface area contributed by atoms with E-state index >= 15 is 0 Å². The van der Waals surface area contributed by atoms with Crippen LogP contribution in [0, 0.1) is 0 Å². The van der Waals surface area contributed by atoms with E-state index < -0.39 is 0 Å². The van der Waals surface area contributed by atoms with Gasteiger partial charge in [0.25, 0.3) is 0 Å². The van der Waals surface area contributed by atoms with Crippen molar-refractivity contribution in [3.05, 3.63) is 35.4 Å². The molecule has 2 heterocycles. The largest absolute Gasteiger partial charge is 0.273 e. The second-order valence-electron chi connectivity index (χ2n) is 8.34. The highest BCUT2D eigenvalue weighted by atomic mass is 35.5. The van der Waals surface area contributed by atoms with Gasteiger partial charge in [0.05, 0.1) is 14.4 Å². The van der Waals surface area contributed by atoms with E-state index in [0.29, 0.717) is 52.5 Å². The number of aromatic nitrogens is 2. The first kappa shape index (κ1) is 27.4. The first-order chi connectivity index (χ1) is 17.8. The quantitative estimate of drug-likeness (QED) is 0.220. The van der Waals surface area contributed by atoms with E-state index in [1.54, 1.807) is 23.9 Å². The molecule has 0 unspecified atom stereocenters. The van der Waals surface area contributed by atoms with Gasteiger partial charge in [-0.05, 0) is 5.56 Å². The summed E-state index contributed by atoms with van der Waals surface area (Å²) in [5.74, 6) is -0.225. The Balaban J connectivity index is 2.05. The normalized spacial score (nSPS) is 11.7. The van der Waals surface area contributed by atoms with Gasteiger partial charge in [0, 0.05) is 45.6 Å². The van der Waals surface area contributed by atoms with Crippen LogP contribution in [-0.2, 0) is 9.59 Å². The molecule has 0 aliphatic rings. The van der Waals surface area contributed by atoms with E-state index in [4.69, 9.17) is 21.6 Å². The number of hydrogen-bond acceptors (Lipinski definition) is 8. The Labute approximate surface area is 230 Å². The van der Waals surface area contributed by atoms with Gasteiger partial charge in [0.2, 0.25) is 22.1 Å². The second kappa shape index (κ2) is 11.4. The molecule has 37 heavy (non-hydrogen) atoms. The van der Waals surface area contributed by atoms with Crippen molar-refractivity contribution in [2.45, 2.75) is 41.5 Å². The number of rotatable bonds is 9. The lowest BCUT2D eigenvalue weighted by molar-refractivity contribution is -0.120. The lowest BCUT2D eigenvalue weighted by Gasteiger charge is -2.30. The molecule has 0 atom stereocenters. The summed E-state index contributed by atoms with van der Waals surface area (Å²) < 4.78 is 1.76. The summed E-state index contributed by atoms with van der Waals surface area (Å²) in [6, 6.07) is 10.0. The molecule has 4 aromatic rings. The van der Waals surface area contributed by atoms with E-state index in [1.807, 2.05) is 68.0 Å². The molecule has 0 radical (unpaired) electrons. The minimum absolute atomic E-state index is 0.112. The van der Waals surface area contributed by atoms with Crippen LogP contribution in [0.3, 0.4) is 0 Å². The lowest BCUT2D eigenvalue weighted by Crippen LogP contribution is -2.45. The van der Waals surface area contributed by atoms with Gasteiger partial charge in [-0.2, -0.15) is 0 Å². The molecular formula is C26H31ClN6O2S2. The molecule has 0 saturated heterocycles. The highest BCUT2D eigenvalue weighted by Crippen LogP contribution is 2.48. The Morgan fingerprint density at radius 2 is 1.16 bits per heavy atom. The van der Waals surface area contributed by atoms with Crippen LogP contribution < -0.4 is 10.0 Å². The number of anilines is 2. The molecule has 196 valence electrons. The Bertz CT molecular complexity index is 1340. The summed E-state index contributed by atoms with van der Waals surface area (Å²) >= 11 is 9.85. The van der Waals surface area contributed by atoms with E-state index in [1.165, 1.54) is 22.7 Å². The number of thiazole rings is 2. The molecule has 2 aromatic heterocycles. The van der Waals surface area contributed by atoms with Crippen molar-refractivity contribution in [2.24, 2.45) is 0 Å². The van der Waals surface area contributed by atoms with Crippen LogP contribution in [0.15, 0.2) is 30.3 Å². The summed E-state index contributed by atoms with van der Waals surface area (Å²) in [7, 11) is 0. The van der Waals surface area contributed by atoms with E-state index in [-0.39, 0.29) is 11.8 Å². The SMILES string of the molecule is CCN(CC)N(C(C)=O)c1nc2c(Cl)c3nc(N(C(C)=O)N(CC)CC)sc3c(-c3ccccc3)c2s1. The average molecular weight is 559 g/mol. The molecule has 8 nitrogen and oxygen atoms in total. The number of carbonyl (C=O) groups is 2. The van der Waals surface area contributed by atoms with Crippen LogP contribution in [0.2, 0.25) is 5.02 Å². The van der Waals surface area contributed by atoms with Crippen LogP contribution >= 0.6 is 34.3 Å². The zero-order valence-electron chi connectivity index (χ0n) is 21.9. The average Bonchev–Trinajstić information content (AvgIpc) is 3.51. The number of nitrogens with zero attached hydrogens (tertiary/aromatic N) is 6. The topological polar surface area (TPSA) is 72.9 Å². The minimum atomic E-state index is -0.112. The van der Waals surface area contributed by atoms with Crippen LogP contribution in [0.25, 0.3) is 31.6 Å². The fourth-order valence-corrected chi connectivity index (χ4v) is 7.32. The molecule has 4 rings (SSSR count). The Morgan fingerprint density at radius 3 is 1.51 bits per heavy atom. The fraction of sp³-hybridized carbons (Fsp3) is 0.385. The third-order valence-corrected chi connectivity index (χ3v) is 8.60. The first-order valence-corrected chi connectivity index (χ1v) is 14.4. The molecule has 0 spiro atoms.